The van der Waals surface area contributed by atoms with Crippen molar-refractivity contribution < 1.29 is 4.79 Å². The molecule has 6 nitrogen and oxygen atoms in total. The lowest BCUT2D eigenvalue weighted by atomic mass is 10.1. The van der Waals surface area contributed by atoms with Crippen molar-refractivity contribution in [3.8, 4) is 5.69 Å². The highest BCUT2D eigenvalue weighted by molar-refractivity contribution is 6.02. The average Bonchev–Trinajstić information content (AvgIpc) is 3.25. The summed E-state index contributed by atoms with van der Waals surface area (Å²) in [7, 11) is 0. The molecule has 0 aliphatic carbocycles. The summed E-state index contributed by atoms with van der Waals surface area (Å²) in [5, 5.41) is 10.8. The monoisotopic (exact) mass is 367 g/mol. The fourth-order valence-electron chi connectivity index (χ4n) is 2.65. The van der Waals surface area contributed by atoms with Crippen LogP contribution in [0.3, 0.4) is 0 Å². The molecular formula is C22H17N5O. The highest BCUT2D eigenvalue weighted by Gasteiger charge is 2.11. The van der Waals surface area contributed by atoms with Gasteiger partial charge >= 0.3 is 0 Å². The van der Waals surface area contributed by atoms with Crippen LogP contribution in [0.1, 0.15) is 21.7 Å². The van der Waals surface area contributed by atoms with Gasteiger partial charge in [-0.1, -0.05) is 47.7 Å². The van der Waals surface area contributed by atoms with Crippen LogP contribution in [0.2, 0.25) is 0 Å². The van der Waals surface area contributed by atoms with Gasteiger partial charge in [-0.05, 0) is 48.0 Å². The van der Waals surface area contributed by atoms with E-state index >= 15 is 0 Å². The van der Waals surface area contributed by atoms with Crippen molar-refractivity contribution in [1.29, 1.82) is 0 Å². The van der Waals surface area contributed by atoms with Gasteiger partial charge in [-0.3, -0.25) is 9.78 Å². The maximum atomic E-state index is 12.5. The van der Waals surface area contributed by atoms with Crippen LogP contribution < -0.4 is 5.32 Å². The lowest BCUT2D eigenvalue weighted by Crippen LogP contribution is -2.12. The molecule has 0 saturated carbocycles. The van der Waals surface area contributed by atoms with E-state index in [1.807, 2.05) is 84.9 Å². The largest absolute Gasteiger partial charge is 0.321 e. The van der Waals surface area contributed by atoms with E-state index in [-0.39, 0.29) is 11.6 Å². The Morgan fingerprint density at radius 2 is 1.79 bits per heavy atom. The van der Waals surface area contributed by atoms with Crippen molar-refractivity contribution in [2.24, 2.45) is 0 Å². The molecule has 1 amide bonds. The molecule has 0 unspecified atom stereocenters. The number of hydrogen-bond donors (Lipinski definition) is 1. The number of hydrogen-bond acceptors (Lipinski definition) is 4. The SMILES string of the molecule is O=C(Nc1cccc(C=Cc2ccccn2)c1)c1cn(-c2ccccc2)nn1. The van der Waals surface area contributed by atoms with Gasteiger partial charge in [0.2, 0.25) is 0 Å². The molecule has 0 bridgehead atoms. The molecule has 4 rings (SSSR count). The van der Waals surface area contributed by atoms with E-state index in [9.17, 15) is 4.79 Å². The van der Waals surface area contributed by atoms with Crippen LogP contribution in [0.5, 0.6) is 0 Å². The lowest BCUT2D eigenvalue weighted by Gasteiger charge is -2.04. The summed E-state index contributed by atoms with van der Waals surface area (Å²) in [6, 6.07) is 22.8. The van der Waals surface area contributed by atoms with E-state index in [1.54, 1.807) is 17.1 Å². The molecule has 0 spiro atoms. The Morgan fingerprint density at radius 1 is 0.929 bits per heavy atom. The second-order valence-electron chi connectivity index (χ2n) is 6.05. The van der Waals surface area contributed by atoms with Crippen LogP contribution >= 0.6 is 0 Å². The van der Waals surface area contributed by atoms with Crippen LogP contribution in [0.25, 0.3) is 17.8 Å². The van der Waals surface area contributed by atoms with Gasteiger partial charge in [0.25, 0.3) is 5.91 Å². The van der Waals surface area contributed by atoms with Crippen molar-refractivity contribution in [2.45, 2.75) is 0 Å². The van der Waals surface area contributed by atoms with Gasteiger partial charge in [0.15, 0.2) is 5.69 Å². The third-order valence-corrected chi connectivity index (χ3v) is 4.03. The Morgan fingerprint density at radius 3 is 2.61 bits per heavy atom. The molecule has 2 aromatic carbocycles. The number of carbonyl (C=O) groups excluding carboxylic acids is 1. The maximum absolute atomic E-state index is 12.5. The van der Waals surface area contributed by atoms with E-state index in [1.165, 1.54) is 0 Å². The maximum Gasteiger partial charge on any atom is 0.277 e. The molecule has 0 aliphatic rings. The summed E-state index contributed by atoms with van der Waals surface area (Å²) in [4.78, 5) is 16.8. The second-order valence-corrected chi connectivity index (χ2v) is 6.05. The first-order chi connectivity index (χ1) is 13.8. The predicted octanol–water partition coefficient (Wildman–Crippen LogP) is 4.09. The minimum atomic E-state index is -0.312. The highest BCUT2D eigenvalue weighted by atomic mass is 16.2. The van der Waals surface area contributed by atoms with Gasteiger partial charge in [0, 0.05) is 11.9 Å². The molecule has 6 heteroatoms. The average molecular weight is 367 g/mol. The van der Waals surface area contributed by atoms with E-state index in [0.29, 0.717) is 5.69 Å². The molecule has 0 radical (unpaired) electrons. The van der Waals surface area contributed by atoms with Gasteiger partial charge in [-0.25, -0.2) is 4.68 Å². The summed E-state index contributed by atoms with van der Waals surface area (Å²) in [5.74, 6) is -0.312. The van der Waals surface area contributed by atoms with Crippen LogP contribution in [0.4, 0.5) is 5.69 Å². The zero-order valence-corrected chi connectivity index (χ0v) is 14.9. The fourth-order valence-corrected chi connectivity index (χ4v) is 2.65. The molecular weight excluding hydrogens is 350 g/mol. The topological polar surface area (TPSA) is 72.7 Å². The predicted molar refractivity (Wildman–Crippen MR) is 109 cm³/mol. The van der Waals surface area contributed by atoms with Gasteiger partial charge < -0.3 is 5.32 Å². The molecule has 0 aliphatic heterocycles. The molecule has 2 aromatic heterocycles. The Kier molecular flexibility index (Phi) is 5.02. The molecule has 136 valence electrons. The molecule has 28 heavy (non-hydrogen) atoms. The molecule has 0 fully saturated rings. The fraction of sp³-hybridized carbons (Fsp3) is 0. The van der Waals surface area contributed by atoms with Gasteiger partial charge in [-0.15, -0.1) is 5.10 Å². The Balaban J connectivity index is 1.46. The number of rotatable bonds is 5. The van der Waals surface area contributed by atoms with Crippen molar-refractivity contribution >= 4 is 23.7 Å². The molecule has 0 saturated heterocycles. The molecule has 0 atom stereocenters. The third-order valence-electron chi connectivity index (χ3n) is 4.03. The summed E-state index contributed by atoms with van der Waals surface area (Å²) in [6.45, 7) is 0. The van der Waals surface area contributed by atoms with E-state index in [4.69, 9.17) is 0 Å². The standard InChI is InChI=1S/C22H17N5O/c28-22(21-16-27(26-25-21)20-10-2-1-3-11-20)24-19-9-6-7-17(15-19)12-13-18-8-4-5-14-23-18/h1-16H,(H,24,28). The first-order valence-corrected chi connectivity index (χ1v) is 8.76. The Labute approximate surface area is 162 Å². The number of amides is 1. The summed E-state index contributed by atoms with van der Waals surface area (Å²) >= 11 is 0. The van der Waals surface area contributed by atoms with Crippen molar-refractivity contribution in [3.63, 3.8) is 0 Å². The number of nitrogens with zero attached hydrogens (tertiary/aromatic N) is 4. The first kappa shape index (κ1) is 17.4. The van der Waals surface area contributed by atoms with Crippen molar-refractivity contribution in [2.75, 3.05) is 5.32 Å². The minimum absolute atomic E-state index is 0.248. The van der Waals surface area contributed by atoms with Crippen molar-refractivity contribution in [1.82, 2.24) is 20.0 Å². The smallest absolute Gasteiger partial charge is 0.277 e. The number of pyridine rings is 1. The number of nitrogens with one attached hydrogen (secondary N) is 1. The minimum Gasteiger partial charge on any atom is -0.321 e. The van der Waals surface area contributed by atoms with Gasteiger partial charge in [-0.2, -0.15) is 0 Å². The third kappa shape index (κ3) is 4.19. The normalized spacial score (nSPS) is 10.9. The number of anilines is 1. The quantitative estimate of drug-likeness (QED) is 0.577. The van der Waals surface area contributed by atoms with E-state index in [2.05, 4.69) is 20.6 Å². The number of benzene rings is 2. The summed E-state index contributed by atoms with van der Waals surface area (Å²) < 4.78 is 1.57. The number of para-hydroxylation sites is 1. The van der Waals surface area contributed by atoms with Crippen LogP contribution in [0, 0.1) is 0 Å². The van der Waals surface area contributed by atoms with Crippen LogP contribution in [-0.2, 0) is 0 Å². The zero-order chi connectivity index (χ0) is 19.2. The van der Waals surface area contributed by atoms with Crippen LogP contribution in [0.15, 0.2) is 85.2 Å². The zero-order valence-electron chi connectivity index (χ0n) is 14.9. The Hall–Kier alpha value is -4.06. The van der Waals surface area contributed by atoms with Gasteiger partial charge in [0.1, 0.15) is 0 Å². The molecule has 1 N–H and O–H groups in total. The highest BCUT2D eigenvalue weighted by Crippen LogP contribution is 2.15. The summed E-state index contributed by atoms with van der Waals surface area (Å²) in [6.07, 6.45) is 7.23. The first-order valence-electron chi connectivity index (χ1n) is 8.76. The summed E-state index contributed by atoms with van der Waals surface area (Å²) in [5.41, 5.74) is 3.60. The van der Waals surface area contributed by atoms with Gasteiger partial charge in [0.05, 0.1) is 17.6 Å². The van der Waals surface area contributed by atoms with E-state index in [0.717, 1.165) is 16.9 Å². The number of aromatic nitrogens is 4. The van der Waals surface area contributed by atoms with Crippen molar-refractivity contribution in [3.05, 3.63) is 102 Å². The van der Waals surface area contributed by atoms with Crippen LogP contribution in [-0.4, -0.2) is 25.9 Å². The number of carbonyl (C=O) groups is 1. The second kappa shape index (κ2) is 8.09. The lowest BCUT2D eigenvalue weighted by molar-refractivity contribution is 0.102. The molecule has 4 aromatic rings. The Bertz CT molecular complexity index is 1100. The van der Waals surface area contributed by atoms with E-state index < -0.39 is 0 Å². The molecule has 2 heterocycles.